The summed E-state index contributed by atoms with van der Waals surface area (Å²) in [6, 6.07) is 1.64. The minimum Gasteiger partial charge on any atom is -0.398 e. The van der Waals surface area contributed by atoms with Gasteiger partial charge in [-0.15, -0.1) is 0 Å². The Morgan fingerprint density at radius 2 is 2.27 bits per heavy atom. The summed E-state index contributed by atoms with van der Waals surface area (Å²) in [6.07, 6.45) is 1.40. The zero-order valence-corrected chi connectivity index (χ0v) is 9.91. The van der Waals surface area contributed by atoms with Crippen molar-refractivity contribution in [3.8, 4) is 0 Å². The SMILES string of the molecule is C/N=C/c1c(N)cc(Br)c(C)c1[N+](=O)[O-]. The number of nitrogens with two attached hydrogens (primary N) is 1. The van der Waals surface area contributed by atoms with Gasteiger partial charge in [-0.2, -0.15) is 0 Å². The Morgan fingerprint density at radius 3 is 2.73 bits per heavy atom. The van der Waals surface area contributed by atoms with Crippen LogP contribution in [0.3, 0.4) is 0 Å². The molecule has 0 heterocycles. The summed E-state index contributed by atoms with van der Waals surface area (Å²) in [5.41, 5.74) is 6.92. The van der Waals surface area contributed by atoms with Crippen molar-refractivity contribution in [1.82, 2.24) is 0 Å². The van der Waals surface area contributed by atoms with Crippen molar-refractivity contribution in [2.24, 2.45) is 4.99 Å². The van der Waals surface area contributed by atoms with Crippen molar-refractivity contribution >= 4 is 33.5 Å². The van der Waals surface area contributed by atoms with Crippen molar-refractivity contribution in [1.29, 1.82) is 0 Å². The number of benzene rings is 1. The van der Waals surface area contributed by atoms with Crippen molar-refractivity contribution in [2.75, 3.05) is 12.8 Å². The summed E-state index contributed by atoms with van der Waals surface area (Å²) in [6.45, 7) is 1.66. The lowest BCUT2D eigenvalue weighted by atomic mass is 10.1. The zero-order valence-electron chi connectivity index (χ0n) is 8.32. The second kappa shape index (κ2) is 4.39. The number of aliphatic imine (C=N–C) groups is 1. The summed E-state index contributed by atoms with van der Waals surface area (Å²) in [4.78, 5) is 14.2. The van der Waals surface area contributed by atoms with Crippen LogP contribution in [0.25, 0.3) is 0 Å². The highest BCUT2D eigenvalue weighted by Gasteiger charge is 2.21. The molecular formula is C9H10BrN3O2. The molecule has 80 valence electrons. The van der Waals surface area contributed by atoms with Crippen LogP contribution in [-0.2, 0) is 0 Å². The highest BCUT2D eigenvalue weighted by Crippen LogP contribution is 2.33. The smallest absolute Gasteiger partial charge is 0.284 e. The molecule has 0 aliphatic carbocycles. The molecule has 6 heteroatoms. The number of anilines is 1. The molecule has 0 saturated carbocycles. The van der Waals surface area contributed by atoms with Gasteiger partial charge in [-0.05, 0) is 13.0 Å². The van der Waals surface area contributed by atoms with E-state index in [2.05, 4.69) is 20.9 Å². The van der Waals surface area contributed by atoms with Crippen molar-refractivity contribution < 1.29 is 4.92 Å². The van der Waals surface area contributed by atoms with Crippen molar-refractivity contribution in [3.05, 3.63) is 31.8 Å². The van der Waals surface area contributed by atoms with E-state index in [1.165, 1.54) is 6.21 Å². The van der Waals surface area contributed by atoms with Crippen molar-refractivity contribution in [3.63, 3.8) is 0 Å². The molecule has 0 amide bonds. The molecule has 0 radical (unpaired) electrons. The van der Waals surface area contributed by atoms with Gasteiger partial charge in [0.25, 0.3) is 5.69 Å². The largest absolute Gasteiger partial charge is 0.398 e. The first kappa shape index (κ1) is 11.6. The average molecular weight is 272 g/mol. The number of rotatable bonds is 2. The molecule has 0 saturated heterocycles. The van der Waals surface area contributed by atoms with Gasteiger partial charge in [0, 0.05) is 29.0 Å². The zero-order chi connectivity index (χ0) is 11.6. The minimum absolute atomic E-state index is 0.00697. The van der Waals surface area contributed by atoms with E-state index in [9.17, 15) is 10.1 Å². The number of nitrogen functional groups attached to an aromatic ring is 1. The molecule has 5 nitrogen and oxygen atoms in total. The summed E-state index contributed by atoms with van der Waals surface area (Å²) in [7, 11) is 1.54. The van der Waals surface area contributed by atoms with Gasteiger partial charge in [-0.25, -0.2) is 0 Å². The van der Waals surface area contributed by atoms with Crippen LogP contribution in [0.2, 0.25) is 0 Å². The molecule has 0 aliphatic heterocycles. The Morgan fingerprint density at radius 1 is 1.67 bits per heavy atom. The van der Waals surface area contributed by atoms with Crippen LogP contribution in [-0.4, -0.2) is 18.2 Å². The van der Waals surface area contributed by atoms with Gasteiger partial charge in [0.2, 0.25) is 0 Å². The lowest BCUT2D eigenvalue weighted by Crippen LogP contribution is -2.03. The van der Waals surface area contributed by atoms with E-state index in [4.69, 9.17) is 5.73 Å². The number of halogens is 1. The van der Waals surface area contributed by atoms with E-state index < -0.39 is 4.92 Å². The van der Waals surface area contributed by atoms with E-state index in [-0.39, 0.29) is 5.69 Å². The number of hydrogen-bond acceptors (Lipinski definition) is 4. The van der Waals surface area contributed by atoms with Gasteiger partial charge in [0.1, 0.15) is 0 Å². The van der Waals surface area contributed by atoms with Crippen LogP contribution < -0.4 is 5.73 Å². The summed E-state index contributed by atoms with van der Waals surface area (Å²) in [5.74, 6) is 0. The molecule has 0 aromatic heterocycles. The standard InChI is InChI=1S/C9H10BrN3O2/c1-5-7(10)3-8(11)6(4-12-2)9(5)13(14)15/h3-4H,11H2,1-2H3/b12-4+. The highest BCUT2D eigenvalue weighted by molar-refractivity contribution is 9.10. The van der Waals surface area contributed by atoms with Gasteiger partial charge >= 0.3 is 0 Å². The molecule has 1 aromatic rings. The van der Waals surface area contributed by atoms with Crippen LogP contribution in [0.1, 0.15) is 11.1 Å². The number of hydrogen-bond donors (Lipinski definition) is 1. The fourth-order valence-electron chi connectivity index (χ4n) is 1.27. The average Bonchev–Trinajstić information content (AvgIpc) is 2.14. The van der Waals surface area contributed by atoms with Crippen LogP contribution in [0.4, 0.5) is 11.4 Å². The molecule has 0 spiro atoms. The van der Waals surface area contributed by atoms with Gasteiger partial charge < -0.3 is 5.73 Å². The van der Waals surface area contributed by atoms with E-state index in [1.54, 1.807) is 20.0 Å². The molecule has 0 aliphatic rings. The minimum atomic E-state index is -0.451. The molecule has 1 rings (SSSR count). The highest BCUT2D eigenvalue weighted by atomic mass is 79.9. The maximum absolute atomic E-state index is 10.9. The third-order valence-corrected chi connectivity index (χ3v) is 2.83. The third-order valence-electron chi connectivity index (χ3n) is 2.00. The number of nitro groups is 1. The van der Waals surface area contributed by atoms with E-state index in [1.807, 2.05) is 0 Å². The monoisotopic (exact) mass is 271 g/mol. The van der Waals surface area contributed by atoms with Gasteiger partial charge in [-0.1, -0.05) is 15.9 Å². The Balaban J connectivity index is 3.61. The first-order valence-electron chi connectivity index (χ1n) is 4.14. The lowest BCUT2D eigenvalue weighted by Gasteiger charge is -2.06. The van der Waals surface area contributed by atoms with E-state index >= 15 is 0 Å². The molecule has 15 heavy (non-hydrogen) atoms. The van der Waals surface area contributed by atoms with Gasteiger partial charge in [-0.3, -0.25) is 15.1 Å². The number of nitrogens with zero attached hydrogens (tertiary/aromatic N) is 2. The Bertz CT molecular complexity index is 443. The van der Waals surface area contributed by atoms with Gasteiger partial charge in [0.15, 0.2) is 0 Å². The lowest BCUT2D eigenvalue weighted by molar-refractivity contribution is -0.385. The van der Waals surface area contributed by atoms with Crippen LogP contribution in [0, 0.1) is 17.0 Å². The molecule has 2 N–H and O–H groups in total. The van der Waals surface area contributed by atoms with Crippen LogP contribution >= 0.6 is 15.9 Å². The molecule has 0 fully saturated rings. The molecule has 0 bridgehead atoms. The Kier molecular flexibility index (Phi) is 3.41. The molecule has 1 aromatic carbocycles. The second-order valence-electron chi connectivity index (χ2n) is 2.98. The predicted molar refractivity (Wildman–Crippen MR) is 63.5 cm³/mol. The second-order valence-corrected chi connectivity index (χ2v) is 3.83. The first-order valence-corrected chi connectivity index (χ1v) is 4.93. The fraction of sp³-hybridized carbons (Fsp3) is 0.222. The third kappa shape index (κ3) is 2.15. The predicted octanol–water partition coefficient (Wildman–Crippen LogP) is 2.30. The maximum Gasteiger partial charge on any atom is 0.284 e. The first-order chi connectivity index (χ1) is 6.99. The van der Waals surface area contributed by atoms with Crippen LogP contribution in [0.15, 0.2) is 15.5 Å². The molecule has 0 unspecified atom stereocenters. The normalized spacial score (nSPS) is 10.9. The Labute approximate surface area is 95.3 Å². The Hall–Kier alpha value is -1.43. The molecule has 0 atom stereocenters. The quantitative estimate of drug-likeness (QED) is 0.388. The summed E-state index contributed by atoms with van der Waals surface area (Å²) in [5, 5.41) is 10.9. The van der Waals surface area contributed by atoms with E-state index in [0.717, 1.165) is 0 Å². The summed E-state index contributed by atoms with van der Waals surface area (Å²) >= 11 is 3.22. The van der Waals surface area contributed by atoms with Crippen LogP contribution in [0.5, 0.6) is 0 Å². The number of nitro benzene ring substituents is 1. The molecular weight excluding hydrogens is 262 g/mol. The van der Waals surface area contributed by atoms with E-state index in [0.29, 0.717) is 21.3 Å². The fourth-order valence-corrected chi connectivity index (χ4v) is 1.71. The summed E-state index contributed by atoms with van der Waals surface area (Å²) < 4.78 is 0.625. The maximum atomic E-state index is 10.9. The van der Waals surface area contributed by atoms with Crippen molar-refractivity contribution in [2.45, 2.75) is 6.92 Å². The van der Waals surface area contributed by atoms with Gasteiger partial charge in [0.05, 0.1) is 10.5 Å². The topological polar surface area (TPSA) is 81.5 Å².